The Labute approximate surface area is 309 Å². The minimum absolute atomic E-state index is 0.0584. The molecular weight excluding hydrogens is 649 g/mol. The summed E-state index contributed by atoms with van der Waals surface area (Å²) in [6, 6.07) is 51.8. The van der Waals surface area contributed by atoms with Crippen molar-refractivity contribution in [3.63, 3.8) is 0 Å². The first-order chi connectivity index (χ1) is 26.0. The fraction of sp³-hybridized carbons (Fsp3) is 0.122. The van der Waals surface area contributed by atoms with Crippen LogP contribution in [0, 0.1) is 0 Å². The van der Waals surface area contributed by atoms with Crippen LogP contribution in [0.5, 0.6) is 17.2 Å². The molecule has 0 N–H and O–H groups in total. The molecule has 254 valence electrons. The van der Waals surface area contributed by atoms with Crippen LogP contribution in [-0.2, 0) is 10.8 Å². The van der Waals surface area contributed by atoms with E-state index >= 15 is 0 Å². The molecule has 4 nitrogen and oxygen atoms in total. The van der Waals surface area contributed by atoms with Gasteiger partial charge in [0.05, 0.1) is 22.6 Å². The van der Waals surface area contributed by atoms with Crippen molar-refractivity contribution >= 4 is 11.5 Å². The molecule has 5 aliphatic rings. The Morgan fingerprint density at radius 2 is 1.21 bits per heavy atom. The van der Waals surface area contributed by atoms with E-state index in [2.05, 4.69) is 183 Å². The van der Waals surface area contributed by atoms with Gasteiger partial charge in [-0.05, 0) is 83.7 Å². The molecule has 3 heterocycles. The Morgan fingerprint density at radius 3 is 1.94 bits per heavy atom. The number of para-hydroxylation sites is 2. The minimum atomic E-state index is -0.541. The van der Waals surface area contributed by atoms with Gasteiger partial charge in [-0.2, -0.15) is 0 Å². The first-order valence-electron chi connectivity index (χ1n) is 18.4. The quantitative estimate of drug-likeness (QED) is 0.186. The number of ether oxygens (including phenoxy) is 2. The van der Waals surface area contributed by atoms with Crippen LogP contribution >= 0.6 is 0 Å². The Hall–Kier alpha value is -6.39. The maximum Gasteiger partial charge on any atom is 0.137 e. The predicted molar refractivity (Wildman–Crippen MR) is 212 cm³/mol. The third kappa shape index (κ3) is 4.15. The number of rotatable bonds is 3. The molecule has 0 saturated heterocycles. The summed E-state index contributed by atoms with van der Waals surface area (Å²) in [7, 11) is 2.15. The van der Waals surface area contributed by atoms with E-state index < -0.39 is 5.41 Å². The van der Waals surface area contributed by atoms with E-state index in [1.54, 1.807) is 0 Å². The van der Waals surface area contributed by atoms with Gasteiger partial charge in [-0.1, -0.05) is 121 Å². The predicted octanol–water partition coefficient (Wildman–Crippen LogP) is 10.8. The van der Waals surface area contributed by atoms with Crippen LogP contribution in [0.2, 0.25) is 0 Å². The number of benzene rings is 6. The van der Waals surface area contributed by atoms with Gasteiger partial charge in [0.2, 0.25) is 0 Å². The third-order valence-corrected chi connectivity index (χ3v) is 12.1. The lowest BCUT2D eigenvalue weighted by Gasteiger charge is -2.40. The van der Waals surface area contributed by atoms with Gasteiger partial charge in [-0.25, -0.2) is 4.99 Å². The molecule has 53 heavy (non-hydrogen) atoms. The second kappa shape index (κ2) is 11.1. The lowest BCUT2D eigenvalue weighted by Crippen LogP contribution is -2.40. The normalized spacial score (nSPS) is 20.9. The summed E-state index contributed by atoms with van der Waals surface area (Å²) in [5, 5.41) is 0. The maximum atomic E-state index is 6.74. The monoisotopic (exact) mass is 684 g/mol. The SMILES string of the molecule is CN1C(c2ccccc2)=NC(c2ccc3c(c2)C2(c4ccccc4O3)c3ccccc3-c3ccccc32)=CC1C1=CC[C@@]2(C)C(=C1)Oc1ccccc12. The van der Waals surface area contributed by atoms with Crippen LogP contribution in [0.25, 0.3) is 16.8 Å². The van der Waals surface area contributed by atoms with Crippen molar-refractivity contribution in [2.45, 2.75) is 30.2 Å². The molecule has 0 saturated carbocycles. The van der Waals surface area contributed by atoms with Gasteiger partial charge in [0, 0.05) is 34.9 Å². The van der Waals surface area contributed by atoms with E-state index in [1.165, 1.54) is 33.4 Å². The second-order valence-corrected chi connectivity index (χ2v) is 14.9. The summed E-state index contributed by atoms with van der Waals surface area (Å²) in [6.45, 7) is 2.29. The first kappa shape index (κ1) is 30.3. The van der Waals surface area contributed by atoms with Gasteiger partial charge in [0.25, 0.3) is 0 Å². The number of allylic oxidation sites excluding steroid dienone is 2. The molecule has 6 aromatic rings. The highest BCUT2D eigenvalue weighted by Gasteiger charge is 2.51. The molecule has 0 fully saturated rings. The van der Waals surface area contributed by atoms with E-state index in [1.807, 2.05) is 0 Å². The lowest BCUT2D eigenvalue weighted by molar-refractivity contribution is 0.370. The zero-order valence-corrected chi connectivity index (χ0v) is 29.6. The molecule has 6 aromatic carbocycles. The average Bonchev–Trinajstić information content (AvgIpc) is 3.67. The summed E-state index contributed by atoms with van der Waals surface area (Å²) < 4.78 is 13.3. The van der Waals surface area contributed by atoms with Crippen LogP contribution in [0.1, 0.15) is 52.3 Å². The molecule has 2 atom stereocenters. The van der Waals surface area contributed by atoms with E-state index in [4.69, 9.17) is 14.5 Å². The fourth-order valence-corrected chi connectivity index (χ4v) is 9.49. The van der Waals surface area contributed by atoms with Crippen molar-refractivity contribution in [3.8, 4) is 28.4 Å². The number of fused-ring (bicyclic) bond motifs is 12. The highest BCUT2D eigenvalue weighted by atomic mass is 16.5. The number of amidine groups is 1. The largest absolute Gasteiger partial charge is 0.460 e. The number of hydrogen-bond donors (Lipinski definition) is 0. The summed E-state index contributed by atoms with van der Waals surface area (Å²) >= 11 is 0. The van der Waals surface area contributed by atoms with Crippen LogP contribution < -0.4 is 9.47 Å². The highest BCUT2D eigenvalue weighted by molar-refractivity contribution is 6.03. The Morgan fingerprint density at radius 1 is 0.604 bits per heavy atom. The van der Waals surface area contributed by atoms with E-state index in [9.17, 15) is 0 Å². The van der Waals surface area contributed by atoms with Crippen LogP contribution in [0.15, 0.2) is 180 Å². The van der Waals surface area contributed by atoms with Crippen molar-refractivity contribution in [1.82, 2.24) is 4.90 Å². The Balaban J connectivity index is 1.10. The first-order valence-corrected chi connectivity index (χ1v) is 18.4. The number of aliphatic imine (C=N–C) groups is 1. The van der Waals surface area contributed by atoms with Crippen LogP contribution in [0.4, 0.5) is 0 Å². The Kier molecular flexibility index (Phi) is 6.31. The zero-order valence-electron chi connectivity index (χ0n) is 29.6. The van der Waals surface area contributed by atoms with E-state index in [0.29, 0.717) is 0 Å². The lowest BCUT2D eigenvalue weighted by atomic mass is 9.66. The van der Waals surface area contributed by atoms with E-state index in [0.717, 1.165) is 63.2 Å². The summed E-state index contributed by atoms with van der Waals surface area (Å²) in [6.07, 6.45) is 7.86. The number of hydrogen-bond acceptors (Lipinski definition) is 4. The third-order valence-electron chi connectivity index (χ3n) is 12.1. The smallest absolute Gasteiger partial charge is 0.137 e. The molecule has 1 spiro atoms. The molecule has 0 aromatic heterocycles. The molecule has 0 bridgehead atoms. The fourth-order valence-electron chi connectivity index (χ4n) is 9.49. The van der Waals surface area contributed by atoms with Gasteiger partial charge >= 0.3 is 0 Å². The van der Waals surface area contributed by atoms with Crippen molar-refractivity contribution in [2.24, 2.45) is 4.99 Å². The molecule has 2 aliphatic carbocycles. The molecule has 0 radical (unpaired) electrons. The molecule has 3 aliphatic heterocycles. The van der Waals surface area contributed by atoms with Gasteiger partial charge in [-0.15, -0.1) is 0 Å². The van der Waals surface area contributed by atoms with Gasteiger partial charge < -0.3 is 14.4 Å². The van der Waals surface area contributed by atoms with E-state index in [-0.39, 0.29) is 11.5 Å². The number of likely N-dealkylation sites (N-methyl/N-ethyl adjacent to an activating group) is 1. The standard InChI is InChI=1S/C49H36N2O2/c1-48-27-26-33(29-46(48)53-43-22-12-10-20-38(43)48)42-30-41(50-47(51(42)2)31-14-4-3-5-15-31)32-24-25-45-40(28-32)49(39-21-11-13-23-44(39)52-45)36-18-8-6-16-34(36)35-17-7-9-19-37(35)49/h3-26,28-30,42H,27H2,1-2H3/t42?,48-/m1/s1. The topological polar surface area (TPSA) is 34.1 Å². The van der Waals surface area contributed by atoms with Crippen molar-refractivity contribution in [1.29, 1.82) is 0 Å². The molecule has 0 amide bonds. The summed E-state index contributed by atoms with van der Waals surface area (Å²) in [5.41, 5.74) is 12.2. The van der Waals surface area contributed by atoms with Crippen molar-refractivity contribution in [2.75, 3.05) is 7.05 Å². The molecule has 1 unspecified atom stereocenters. The highest BCUT2D eigenvalue weighted by Crippen LogP contribution is 2.62. The van der Waals surface area contributed by atoms with Crippen molar-refractivity contribution < 1.29 is 9.47 Å². The average molecular weight is 685 g/mol. The number of nitrogens with zero attached hydrogens (tertiary/aromatic N) is 2. The molecular formula is C49H36N2O2. The van der Waals surface area contributed by atoms with Crippen LogP contribution in [0.3, 0.4) is 0 Å². The summed E-state index contributed by atoms with van der Waals surface area (Å²) in [4.78, 5) is 7.74. The van der Waals surface area contributed by atoms with Crippen molar-refractivity contribution in [3.05, 3.63) is 214 Å². The molecule has 4 heteroatoms. The van der Waals surface area contributed by atoms with Gasteiger partial charge in [0.15, 0.2) is 0 Å². The maximum absolute atomic E-state index is 6.74. The molecule has 11 rings (SSSR count). The second-order valence-electron chi connectivity index (χ2n) is 14.9. The zero-order chi connectivity index (χ0) is 35.3. The van der Waals surface area contributed by atoms with Crippen LogP contribution in [-0.4, -0.2) is 23.8 Å². The van der Waals surface area contributed by atoms with Gasteiger partial charge in [-0.3, -0.25) is 0 Å². The minimum Gasteiger partial charge on any atom is -0.460 e. The summed E-state index contributed by atoms with van der Waals surface area (Å²) in [5.74, 6) is 4.66. The Bertz CT molecular complexity index is 2600. The van der Waals surface area contributed by atoms with Gasteiger partial charge in [0.1, 0.15) is 28.8 Å².